The maximum Gasteiger partial charge on any atom is 0.164 e. The Morgan fingerprint density at radius 2 is 1.90 bits per heavy atom. The van der Waals surface area contributed by atoms with Crippen LogP contribution in [0.3, 0.4) is 0 Å². The number of hydrogen-bond donors (Lipinski definition) is 1. The molecule has 0 spiro atoms. The first kappa shape index (κ1) is 15.2. The van der Waals surface area contributed by atoms with Gasteiger partial charge >= 0.3 is 0 Å². The fourth-order valence-electron chi connectivity index (χ4n) is 2.00. The molecular formula is C15H18IN3O. The van der Waals surface area contributed by atoms with E-state index in [4.69, 9.17) is 10.5 Å². The van der Waals surface area contributed by atoms with Crippen LogP contribution in [0.2, 0.25) is 0 Å². The number of hydrogen-bond acceptors (Lipinski definition) is 4. The predicted octanol–water partition coefficient (Wildman–Crippen LogP) is 3.35. The van der Waals surface area contributed by atoms with Crippen LogP contribution in [0.1, 0.15) is 37.0 Å². The molecule has 1 aromatic carbocycles. The number of anilines is 1. The first-order chi connectivity index (χ1) is 9.67. The van der Waals surface area contributed by atoms with Crippen LogP contribution in [-0.2, 0) is 11.2 Å². The molecule has 4 nitrogen and oxygen atoms in total. The molecule has 0 saturated heterocycles. The van der Waals surface area contributed by atoms with Gasteiger partial charge in [0, 0.05) is 6.61 Å². The average Bonchev–Trinajstić information content (AvgIpc) is 2.48. The maximum absolute atomic E-state index is 5.99. The van der Waals surface area contributed by atoms with Crippen LogP contribution in [0.5, 0.6) is 0 Å². The number of aryl methyl sites for hydroxylation is 1. The predicted molar refractivity (Wildman–Crippen MR) is 88.5 cm³/mol. The molecular weight excluding hydrogens is 365 g/mol. The molecule has 0 fully saturated rings. The number of nitrogens with zero attached hydrogens (tertiary/aromatic N) is 2. The van der Waals surface area contributed by atoms with Crippen LogP contribution >= 0.6 is 22.6 Å². The van der Waals surface area contributed by atoms with Crippen molar-refractivity contribution in [1.82, 2.24) is 9.97 Å². The van der Waals surface area contributed by atoms with Crippen LogP contribution in [-0.4, -0.2) is 16.6 Å². The molecule has 0 radical (unpaired) electrons. The molecule has 1 unspecified atom stereocenters. The summed E-state index contributed by atoms with van der Waals surface area (Å²) in [6.07, 6.45) is 0.553. The van der Waals surface area contributed by atoms with Crippen molar-refractivity contribution in [1.29, 1.82) is 0 Å². The molecule has 0 aliphatic heterocycles. The molecule has 0 aliphatic carbocycles. The quantitative estimate of drug-likeness (QED) is 0.805. The summed E-state index contributed by atoms with van der Waals surface area (Å²) >= 11 is 2.19. The minimum absolute atomic E-state index is 0.272. The highest BCUT2D eigenvalue weighted by molar-refractivity contribution is 14.1. The second-order valence-electron chi connectivity index (χ2n) is 4.33. The van der Waals surface area contributed by atoms with E-state index in [-0.39, 0.29) is 6.10 Å². The zero-order valence-corrected chi connectivity index (χ0v) is 13.8. The zero-order valence-electron chi connectivity index (χ0n) is 11.6. The normalized spacial score (nSPS) is 12.3. The van der Waals surface area contributed by atoms with E-state index in [0.717, 1.165) is 21.2 Å². The number of halogens is 1. The molecule has 20 heavy (non-hydrogen) atoms. The Kier molecular flexibility index (Phi) is 5.31. The standard InChI is InChI=1S/C15H18IN3O/c1-3-11-12(16)14(17)19-15(18-11)13(20-4-2)10-8-6-5-7-9-10/h5-9,13H,3-4H2,1-2H3,(H2,17,18,19). The van der Waals surface area contributed by atoms with Crippen LogP contribution < -0.4 is 5.73 Å². The van der Waals surface area contributed by atoms with Gasteiger partial charge in [0.05, 0.1) is 9.26 Å². The van der Waals surface area contributed by atoms with E-state index in [1.807, 2.05) is 37.3 Å². The van der Waals surface area contributed by atoms with E-state index in [1.165, 1.54) is 0 Å². The maximum atomic E-state index is 5.99. The molecule has 106 valence electrons. The first-order valence-electron chi connectivity index (χ1n) is 6.65. The van der Waals surface area contributed by atoms with Gasteiger partial charge in [-0.2, -0.15) is 0 Å². The molecule has 1 heterocycles. The lowest BCUT2D eigenvalue weighted by Crippen LogP contribution is -2.14. The number of nitrogens with two attached hydrogens (primary N) is 1. The molecule has 0 saturated carbocycles. The zero-order chi connectivity index (χ0) is 14.5. The Labute approximate surface area is 132 Å². The monoisotopic (exact) mass is 383 g/mol. The highest BCUT2D eigenvalue weighted by atomic mass is 127. The highest BCUT2D eigenvalue weighted by Crippen LogP contribution is 2.26. The van der Waals surface area contributed by atoms with Crippen molar-refractivity contribution in [3.63, 3.8) is 0 Å². The number of aromatic nitrogens is 2. The number of nitrogen functional groups attached to an aromatic ring is 1. The third-order valence-electron chi connectivity index (χ3n) is 2.97. The van der Waals surface area contributed by atoms with Crippen LogP contribution in [0.15, 0.2) is 30.3 Å². The third kappa shape index (κ3) is 3.27. The first-order valence-corrected chi connectivity index (χ1v) is 7.73. The summed E-state index contributed by atoms with van der Waals surface area (Å²) in [7, 11) is 0. The summed E-state index contributed by atoms with van der Waals surface area (Å²) in [6.45, 7) is 4.62. The van der Waals surface area contributed by atoms with Crippen molar-refractivity contribution in [2.75, 3.05) is 12.3 Å². The molecule has 0 aliphatic rings. The molecule has 0 bridgehead atoms. The molecule has 2 rings (SSSR count). The second-order valence-corrected chi connectivity index (χ2v) is 5.41. The smallest absolute Gasteiger partial charge is 0.164 e. The molecule has 1 atom stereocenters. The fraction of sp³-hybridized carbons (Fsp3) is 0.333. The van der Waals surface area contributed by atoms with Gasteiger partial charge in [0.1, 0.15) is 11.9 Å². The van der Waals surface area contributed by atoms with Gasteiger partial charge in [-0.15, -0.1) is 0 Å². The Morgan fingerprint density at radius 1 is 1.20 bits per heavy atom. The Hall–Kier alpha value is -1.21. The van der Waals surface area contributed by atoms with Gasteiger partial charge in [-0.05, 0) is 41.5 Å². The van der Waals surface area contributed by atoms with Crippen LogP contribution in [0.25, 0.3) is 0 Å². The lowest BCUT2D eigenvalue weighted by atomic mass is 10.1. The Bertz CT molecular complexity index is 575. The van der Waals surface area contributed by atoms with E-state index >= 15 is 0 Å². The third-order valence-corrected chi connectivity index (χ3v) is 4.14. The van der Waals surface area contributed by atoms with E-state index in [2.05, 4.69) is 39.5 Å². The lowest BCUT2D eigenvalue weighted by Gasteiger charge is -2.18. The van der Waals surface area contributed by atoms with Gasteiger partial charge in [0.15, 0.2) is 5.82 Å². The van der Waals surface area contributed by atoms with Crippen LogP contribution in [0.4, 0.5) is 5.82 Å². The van der Waals surface area contributed by atoms with Crippen LogP contribution in [0, 0.1) is 3.57 Å². The molecule has 5 heteroatoms. The van der Waals surface area contributed by atoms with E-state index in [0.29, 0.717) is 18.2 Å². The van der Waals surface area contributed by atoms with E-state index in [1.54, 1.807) is 0 Å². The SMILES string of the molecule is CCOC(c1ccccc1)c1nc(N)c(I)c(CC)n1. The van der Waals surface area contributed by atoms with Crippen molar-refractivity contribution in [2.45, 2.75) is 26.4 Å². The largest absolute Gasteiger partial charge is 0.383 e. The topological polar surface area (TPSA) is 61.0 Å². The van der Waals surface area contributed by atoms with Crippen molar-refractivity contribution in [3.05, 3.63) is 51.0 Å². The minimum Gasteiger partial charge on any atom is -0.383 e. The summed E-state index contributed by atoms with van der Waals surface area (Å²) in [4.78, 5) is 9.03. The molecule has 2 aromatic rings. The molecule has 1 aromatic heterocycles. The summed E-state index contributed by atoms with van der Waals surface area (Å²) in [6, 6.07) is 9.98. The van der Waals surface area contributed by atoms with Crippen molar-refractivity contribution < 1.29 is 4.74 Å². The number of benzene rings is 1. The van der Waals surface area contributed by atoms with E-state index < -0.39 is 0 Å². The van der Waals surface area contributed by atoms with E-state index in [9.17, 15) is 0 Å². The summed E-state index contributed by atoms with van der Waals surface area (Å²) in [5, 5.41) is 0. The van der Waals surface area contributed by atoms with Gasteiger partial charge in [-0.1, -0.05) is 37.3 Å². The summed E-state index contributed by atoms with van der Waals surface area (Å²) < 4.78 is 6.75. The highest BCUT2D eigenvalue weighted by Gasteiger charge is 2.20. The summed E-state index contributed by atoms with van der Waals surface area (Å²) in [5.74, 6) is 1.15. The second kappa shape index (κ2) is 6.99. The average molecular weight is 383 g/mol. The molecule has 2 N–H and O–H groups in total. The van der Waals surface area contributed by atoms with Gasteiger partial charge in [0.2, 0.25) is 0 Å². The van der Waals surface area contributed by atoms with Gasteiger partial charge in [-0.3, -0.25) is 0 Å². The van der Waals surface area contributed by atoms with Crippen molar-refractivity contribution >= 4 is 28.4 Å². The van der Waals surface area contributed by atoms with Gasteiger partial charge in [0.25, 0.3) is 0 Å². The van der Waals surface area contributed by atoms with Gasteiger partial charge < -0.3 is 10.5 Å². The number of rotatable bonds is 5. The van der Waals surface area contributed by atoms with Gasteiger partial charge in [-0.25, -0.2) is 9.97 Å². The fourth-order valence-corrected chi connectivity index (χ4v) is 2.62. The van der Waals surface area contributed by atoms with Crippen molar-refractivity contribution in [2.24, 2.45) is 0 Å². The molecule has 0 amide bonds. The Morgan fingerprint density at radius 3 is 2.50 bits per heavy atom. The summed E-state index contributed by atoms with van der Waals surface area (Å²) in [5.41, 5.74) is 8.00. The number of ether oxygens (including phenoxy) is 1. The Balaban J connectivity index is 2.47. The minimum atomic E-state index is -0.272. The lowest BCUT2D eigenvalue weighted by molar-refractivity contribution is 0.0850. The van der Waals surface area contributed by atoms with Crippen molar-refractivity contribution in [3.8, 4) is 0 Å².